The molecule has 212 valence electrons. The molecule has 1 aromatic heterocycles. The molecular formula is C30H35FN4O4S. The maximum absolute atomic E-state index is 14.9. The molecule has 0 saturated heterocycles. The number of halogens is 1. The quantitative estimate of drug-likeness (QED) is 0.248. The molecular weight excluding hydrogens is 531 g/mol. The highest BCUT2D eigenvalue weighted by molar-refractivity contribution is 7.99. The number of hydrogen-bond acceptors (Lipinski definition) is 7. The second-order valence-corrected chi connectivity index (χ2v) is 10.8. The molecule has 1 heterocycles. The minimum atomic E-state index is -1.17. The summed E-state index contributed by atoms with van der Waals surface area (Å²) in [5.41, 5.74) is 1.26. The Balaban J connectivity index is 1.69. The van der Waals surface area contributed by atoms with Crippen LogP contribution < -0.4 is 14.8 Å². The third-order valence-electron chi connectivity index (χ3n) is 7.15. The summed E-state index contributed by atoms with van der Waals surface area (Å²) in [6.45, 7) is 3.71. The Bertz CT molecular complexity index is 1340. The van der Waals surface area contributed by atoms with Gasteiger partial charge in [0, 0.05) is 29.6 Å². The summed E-state index contributed by atoms with van der Waals surface area (Å²) in [6.07, 6.45) is 3.40. The second kappa shape index (κ2) is 13.1. The number of hydrogen-bond donors (Lipinski definition) is 1. The molecule has 0 atom stereocenters. The monoisotopic (exact) mass is 566 g/mol. The number of ether oxygens (including phenoxy) is 2. The average molecular weight is 567 g/mol. The lowest BCUT2D eigenvalue weighted by molar-refractivity contribution is -0.146. The second-order valence-electron chi connectivity index (χ2n) is 9.91. The van der Waals surface area contributed by atoms with Gasteiger partial charge < -0.3 is 19.7 Å². The number of amides is 2. The summed E-state index contributed by atoms with van der Waals surface area (Å²) in [5.74, 6) is 0.00651. The van der Waals surface area contributed by atoms with Crippen LogP contribution >= 0.6 is 11.8 Å². The van der Waals surface area contributed by atoms with Gasteiger partial charge in [-0.05, 0) is 51.0 Å². The standard InChI is InChI=1S/C30H35FN4O4S/c1-20-16-21(2)33-29(32-20)40-19-27(36)35(18-22-10-6-7-11-24(22)31)30(14-8-5-9-15-30)28(37)34-25-13-12-23(38-3)17-26(25)39-4/h6-7,10-13,16-17H,5,8-9,14-15,18-19H2,1-4H3,(H,34,37). The number of methoxy groups -OCH3 is 2. The molecule has 3 aromatic rings. The Morgan fingerprint density at radius 3 is 2.35 bits per heavy atom. The van der Waals surface area contributed by atoms with Crippen LogP contribution in [-0.2, 0) is 16.1 Å². The van der Waals surface area contributed by atoms with Gasteiger partial charge in [-0.25, -0.2) is 14.4 Å². The SMILES string of the molecule is COc1ccc(NC(=O)C2(N(Cc3ccccc3F)C(=O)CSc3nc(C)cc(C)n3)CCCCC2)c(OC)c1. The van der Waals surface area contributed by atoms with Gasteiger partial charge in [0.1, 0.15) is 22.9 Å². The van der Waals surface area contributed by atoms with Crippen LogP contribution in [-0.4, -0.2) is 52.2 Å². The van der Waals surface area contributed by atoms with Crippen molar-refractivity contribution < 1.29 is 23.5 Å². The summed E-state index contributed by atoms with van der Waals surface area (Å²) >= 11 is 1.22. The highest BCUT2D eigenvalue weighted by Crippen LogP contribution is 2.38. The fourth-order valence-electron chi connectivity index (χ4n) is 5.13. The van der Waals surface area contributed by atoms with Crippen molar-refractivity contribution in [1.29, 1.82) is 0 Å². The van der Waals surface area contributed by atoms with Gasteiger partial charge in [0.2, 0.25) is 11.8 Å². The van der Waals surface area contributed by atoms with E-state index < -0.39 is 11.4 Å². The Morgan fingerprint density at radius 2 is 1.70 bits per heavy atom. The third kappa shape index (κ3) is 6.72. The van der Waals surface area contributed by atoms with Gasteiger partial charge in [-0.1, -0.05) is 49.2 Å². The minimum Gasteiger partial charge on any atom is -0.497 e. The van der Waals surface area contributed by atoms with Gasteiger partial charge in [-0.15, -0.1) is 0 Å². The minimum absolute atomic E-state index is 0.0121. The summed E-state index contributed by atoms with van der Waals surface area (Å²) in [4.78, 5) is 38.6. The molecule has 1 aliphatic carbocycles. The number of anilines is 1. The van der Waals surface area contributed by atoms with E-state index in [2.05, 4.69) is 15.3 Å². The number of aromatic nitrogens is 2. The largest absolute Gasteiger partial charge is 0.497 e. The normalized spacial score (nSPS) is 14.3. The zero-order valence-corrected chi connectivity index (χ0v) is 24.1. The maximum Gasteiger partial charge on any atom is 0.250 e. The first-order chi connectivity index (χ1) is 19.3. The van der Waals surface area contributed by atoms with Gasteiger partial charge in [0.05, 0.1) is 25.7 Å². The summed E-state index contributed by atoms with van der Waals surface area (Å²) in [6, 6.07) is 13.4. The molecule has 2 aromatic carbocycles. The number of rotatable bonds is 10. The van der Waals surface area contributed by atoms with Crippen molar-refractivity contribution in [2.75, 3.05) is 25.3 Å². The number of benzene rings is 2. The Hall–Kier alpha value is -3.66. The van der Waals surface area contributed by atoms with Gasteiger partial charge in [-0.2, -0.15) is 0 Å². The Morgan fingerprint density at radius 1 is 1.00 bits per heavy atom. The zero-order valence-electron chi connectivity index (χ0n) is 23.3. The van der Waals surface area contributed by atoms with Gasteiger partial charge in [-0.3, -0.25) is 9.59 Å². The van der Waals surface area contributed by atoms with Crippen LogP contribution in [0.3, 0.4) is 0 Å². The van der Waals surface area contributed by atoms with E-state index in [1.54, 1.807) is 48.4 Å². The van der Waals surface area contributed by atoms with E-state index >= 15 is 0 Å². The van der Waals surface area contributed by atoms with E-state index in [0.717, 1.165) is 30.7 Å². The van der Waals surface area contributed by atoms with Crippen molar-refractivity contribution in [1.82, 2.24) is 14.9 Å². The van der Waals surface area contributed by atoms with Crippen molar-refractivity contribution in [2.45, 2.75) is 63.2 Å². The van der Waals surface area contributed by atoms with E-state index in [9.17, 15) is 14.0 Å². The van der Waals surface area contributed by atoms with E-state index in [4.69, 9.17) is 9.47 Å². The fourth-order valence-corrected chi connectivity index (χ4v) is 5.96. The van der Waals surface area contributed by atoms with Crippen LogP contribution in [0.2, 0.25) is 0 Å². The molecule has 2 amide bonds. The molecule has 1 saturated carbocycles. The number of carbonyl (C=O) groups excluding carboxylic acids is 2. The summed E-state index contributed by atoms with van der Waals surface area (Å²) in [7, 11) is 3.07. The van der Waals surface area contributed by atoms with Crippen LogP contribution in [0.1, 0.15) is 49.1 Å². The fraction of sp³-hybridized carbons (Fsp3) is 0.400. The number of nitrogens with one attached hydrogen (secondary N) is 1. The van der Waals surface area contributed by atoms with Crippen LogP contribution in [0, 0.1) is 19.7 Å². The first-order valence-electron chi connectivity index (χ1n) is 13.3. The average Bonchev–Trinajstić information content (AvgIpc) is 2.95. The van der Waals surface area contributed by atoms with Crippen LogP contribution in [0.4, 0.5) is 10.1 Å². The third-order valence-corrected chi connectivity index (χ3v) is 7.98. The molecule has 1 fully saturated rings. The van der Waals surface area contributed by atoms with E-state index in [0.29, 0.717) is 40.7 Å². The lowest BCUT2D eigenvalue weighted by atomic mass is 9.79. The number of aryl methyl sites for hydroxylation is 2. The van der Waals surface area contributed by atoms with Crippen LogP contribution in [0.25, 0.3) is 0 Å². The van der Waals surface area contributed by atoms with Gasteiger partial charge >= 0.3 is 0 Å². The number of nitrogens with zero attached hydrogens (tertiary/aromatic N) is 3. The lowest BCUT2D eigenvalue weighted by Gasteiger charge is -2.45. The highest BCUT2D eigenvalue weighted by atomic mass is 32.2. The molecule has 0 aliphatic heterocycles. The predicted octanol–water partition coefficient (Wildman–Crippen LogP) is 5.71. The lowest BCUT2D eigenvalue weighted by Crippen LogP contribution is -2.60. The smallest absolute Gasteiger partial charge is 0.250 e. The first kappa shape index (κ1) is 29.3. The van der Waals surface area contributed by atoms with E-state index in [1.807, 2.05) is 19.9 Å². The summed E-state index contributed by atoms with van der Waals surface area (Å²) in [5, 5.41) is 3.50. The number of carbonyl (C=O) groups is 2. The Labute approximate surface area is 238 Å². The van der Waals surface area contributed by atoms with Crippen LogP contribution in [0.5, 0.6) is 11.5 Å². The van der Waals surface area contributed by atoms with Crippen molar-refractivity contribution in [2.24, 2.45) is 0 Å². The summed E-state index contributed by atoms with van der Waals surface area (Å²) < 4.78 is 25.6. The molecule has 0 unspecified atom stereocenters. The van der Waals surface area contributed by atoms with Gasteiger partial charge in [0.25, 0.3) is 0 Å². The van der Waals surface area contributed by atoms with Crippen LogP contribution in [0.15, 0.2) is 53.7 Å². The van der Waals surface area contributed by atoms with Crippen molar-refractivity contribution in [3.63, 3.8) is 0 Å². The molecule has 0 radical (unpaired) electrons. The highest BCUT2D eigenvalue weighted by Gasteiger charge is 2.47. The van der Waals surface area contributed by atoms with Gasteiger partial charge in [0.15, 0.2) is 5.16 Å². The molecule has 1 N–H and O–H groups in total. The molecule has 10 heteroatoms. The molecule has 0 bridgehead atoms. The van der Waals surface area contributed by atoms with E-state index in [-0.39, 0.29) is 24.1 Å². The first-order valence-corrected chi connectivity index (χ1v) is 14.3. The predicted molar refractivity (Wildman–Crippen MR) is 153 cm³/mol. The molecule has 1 aliphatic rings. The van der Waals surface area contributed by atoms with E-state index in [1.165, 1.54) is 24.9 Å². The number of thioether (sulfide) groups is 1. The molecule has 0 spiro atoms. The molecule has 8 nitrogen and oxygen atoms in total. The molecule has 4 rings (SSSR count). The van der Waals surface area contributed by atoms with Crippen molar-refractivity contribution >= 4 is 29.3 Å². The zero-order chi connectivity index (χ0) is 28.7. The van der Waals surface area contributed by atoms with Crippen molar-refractivity contribution in [3.8, 4) is 11.5 Å². The van der Waals surface area contributed by atoms with Crippen molar-refractivity contribution in [3.05, 3.63) is 71.3 Å². The topological polar surface area (TPSA) is 93.7 Å². The Kier molecular flexibility index (Phi) is 9.63. The molecule has 40 heavy (non-hydrogen) atoms. The maximum atomic E-state index is 14.9.